The first-order valence-electron chi connectivity index (χ1n) is 8.04. The van der Waals surface area contributed by atoms with E-state index < -0.39 is 0 Å². The number of pyridine rings is 1. The van der Waals surface area contributed by atoms with Crippen LogP contribution >= 0.6 is 11.8 Å². The number of aromatic nitrogens is 4. The molecule has 0 saturated heterocycles. The molecule has 25 heavy (non-hydrogen) atoms. The highest BCUT2D eigenvalue weighted by atomic mass is 32.2. The Hall–Kier alpha value is -2.38. The molecule has 0 aliphatic heterocycles. The summed E-state index contributed by atoms with van der Waals surface area (Å²) >= 11 is 1.61. The van der Waals surface area contributed by atoms with Gasteiger partial charge in [0.25, 0.3) is 0 Å². The van der Waals surface area contributed by atoms with Crippen LogP contribution in [-0.2, 0) is 4.74 Å². The number of thioether (sulfide) groups is 1. The summed E-state index contributed by atoms with van der Waals surface area (Å²) in [6.07, 6.45) is 3.54. The van der Waals surface area contributed by atoms with E-state index in [1.807, 2.05) is 47.9 Å². The second-order valence-corrected chi connectivity index (χ2v) is 6.21. The molecule has 6 nitrogen and oxygen atoms in total. The SMILES string of the molecule is CCOc1ccc(-n2c(SCCOC)nnc2-c2cccnc2)cc1. The van der Waals surface area contributed by atoms with Gasteiger partial charge >= 0.3 is 0 Å². The smallest absolute Gasteiger partial charge is 0.196 e. The van der Waals surface area contributed by atoms with Gasteiger partial charge in [0, 0.05) is 36.5 Å². The van der Waals surface area contributed by atoms with Crippen LogP contribution in [0.1, 0.15) is 6.92 Å². The van der Waals surface area contributed by atoms with Crippen LogP contribution in [0.15, 0.2) is 53.9 Å². The Morgan fingerprint density at radius 3 is 2.64 bits per heavy atom. The molecule has 2 heterocycles. The van der Waals surface area contributed by atoms with Crippen molar-refractivity contribution in [1.29, 1.82) is 0 Å². The lowest BCUT2D eigenvalue weighted by Crippen LogP contribution is -2.01. The Balaban J connectivity index is 1.99. The molecule has 0 spiro atoms. The molecule has 0 radical (unpaired) electrons. The summed E-state index contributed by atoms with van der Waals surface area (Å²) in [7, 11) is 1.69. The van der Waals surface area contributed by atoms with Crippen LogP contribution < -0.4 is 4.74 Å². The highest BCUT2D eigenvalue weighted by molar-refractivity contribution is 7.99. The monoisotopic (exact) mass is 356 g/mol. The Kier molecular flexibility index (Phi) is 6.03. The van der Waals surface area contributed by atoms with Gasteiger partial charge in [-0.05, 0) is 43.3 Å². The molecule has 0 saturated carbocycles. The summed E-state index contributed by atoms with van der Waals surface area (Å²) in [4.78, 5) is 4.19. The number of rotatable bonds is 8. The van der Waals surface area contributed by atoms with Gasteiger partial charge < -0.3 is 9.47 Å². The molecule has 1 aromatic carbocycles. The molecular weight excluding hydrogens is 336 g/mol. The van der Waals surface area contributed by atoms with Gasteiger partial charge in [0.2, 0.25) is 0 Å². The number of methoxy groups -OCH3 is 1. The van der Waals surface area contributed by atoms with Crippen molar-refractivity contribution < 1.29 is 9.47 Å². The number of ether oxygens (including phenoxy) is 2. The Labute approximate surface area is 151 Å². The van der Waals surface area contributed by atoms with Crippen molar-refractivity contribution in [2.75, 3.05) is 26.1 Å². The molecule has 0 aliphatic carbocycles. The zero-order valence-electron chi connectivity index (χ0n) is 14.3. The van der Waals surface area contributed by atoms with Gasteiger partial charge in [0.05, 0.1) is 13.2 Å². The molecule has 3 rings (SSSR count). The number of hydrogen-bond acceptors (Lipinski definition) is 6. The maximum Gasteiger partial charge on any atom is 0.196 e. The van der Waals surface area contributed by atoms with Crippen LogP contribution in [0.5, 0.6) is 5.75 Å². The summed E-state index contributed by atoms with van der Waals surface area (Å²) < 4.78 is 12.7. The second-order valence-electron chi connectivity index (χ2n) is 5.15. The molecule has 0 N–H and O–H groups in total. The molecule has 0 aliphatic rings. The van der Waals surface area contributed by atoms with Gasteiger partial charge in [-0.25, -0.2) is 0 Å². The molecule has 2 aromatic heterocycles. The molecule has 130 valence electrons. The topological polar surface area (TPSA) is 62.1 Å². The molecule has 0 unspecified atom stereocenters. The van der Waals surface area contributed by atoms with E-state index in [2.05, 4.69) is 15.2 Å². The minimum absolute atomic E-state index is 0.644. The third kappa shape index (κ3) is 4.18. The maximum absolute atomic E-state index is 5.53. The van der Waals surface area contributed by atoms with Crippen LogP contribution in [0.3, 0.4) is 0 Å². The van der Waals surface area contributed by atoms with Crippen molar-refractivity contribution in [1.82, 2.24) is 19.7 Å². The van der Waals surface area contributed by atoms with Crippen molar-refractivity contribution >= 4 is 11.8 Å². The van der Waals surface area contributed by atoms with Crippen molar-refractivity contribution in [2.24, 2.45) is 0 Å². The molecular formula is C18H20N4O2S. The average Bonchev–Trinajstić information content (AvgIpc) is 3.07. The van der Waals surface area contributed by atoms with E-state index in [9.17, 15) is 0 Å². The van der Waals surface area contributed by atoms with Crippen molar-refractivity contribution in [2.45, 2.75) is 12.1 Å². The first-order chi connectivity index (χ1) is 12.3. The van der Waals surface area contributed by atoms with Crippen molar-refractivity contribution in [3.8, 4) is 22.8 Å². The molecule has 3 aromatic rings. The highest BCUT2D eigenvalue weighted by Crippen LogP contribution is 2.28. The van der Waals surface area contributed by atoms with E-state index in [0.717, 1.165) is 33.7 Å². The summed E-state index contributed by atoms with van der Waals surface area (Å²) in [5, 5.41) is 9.56. The predicted molar refractivity (Wildman–Crippen MR) is 98.4 cm³/mol. The normalized spacial score (nSPS) is 10.8. The van der Waals surface area contributed by atoms with Crippen LogP contribution in [0.4, 0.5) is 0 Å². The summed E-state index contributed by atoms with van der Waals surface area (Å²) in [6.45, 7) is 3.27. The fourth-order valence-corrected chi connectivity index (χ4v) is 3.20. The van der Waals surface area contributed by atoms with Crippen LogP contribution in [0, 0.1) is 0 Å². The van der Waals surface area contributed by atoms with Crippen molar-refractivity contribution in [3.05, 3.63) is 48.8 Å². The van der Waals surface area contributed by atoms with Gasteiger partial charge in [0.15, 0.2) is 11.0 Å². The van der Waals surface area contributed by atoms with E-state index >= 15 is 0 Å². The minimum Gasteiger partial charge on any atom is -0.494 e. The summed E-state index contributed by atoms with van der Waals surface area (Å²) in [5.41, 5.74) is 1.90. The van der Waals surface area contributed by atoms with E-state index in [4.69, 9.17) is 9.47 Å². The minimum atomic E-state index is 0.644. The van der Waals surface area contributed by atoms with Crippen LogP contribution in [-0.4, -0.2) is 45.8 Å². The first-order valence-corrected chi connectivity index (χ1v) is 9.03. The zero-order valence-corrected chi connectivity index (χ0v) is 15.1. The predicted octanol–water partition coefficient (Wildman–Crippen LogP) is 3.47. The van der Waals surface area contributed by atoms with Crippen LogP contribution in [0.2, 0.25) is 0 Å². The fourth-order valence-electron chi connectivity index (χ4n) is 2.35. The lowest BCUT2D eigenvalue weighted by molar-refractivity contribution is 0.218. The van der Waals surface area contributed by atoms with E-state index in [0.29, 0.717) is 13.2 Å². The largest absolute Gasteiger partial charge is 0.494 e. The quantitative estimate of drug-likeness (QED) is 0.455. The summed E-state index contributed by atoms with van der Waals surface area (Å²) in [5.74, 6) is 2.41. The van der Waals surface area contributed by atoms with E-state index in [-0.39, 0.29) is 0 Å². The molecule has 0 amide bonds. The molecule has 0 bridgehead atoms. The second kappa shape index (κ2) is 8.64. The maximum atomic E-state index is 5.53. The van der Waals surface area contributed by atoms with Crippen molar-refractivity contribution in [3.63, 3.8) is 0 Å². The third-order valence-electron chi connectivity index (χ3n) is 3.48. The van der Waals surface area contributed by atoms with Gasteiger partial charge in [-0.1, -0.05) is 11.8 Å². The Bertz CT molecular complexity index is 791. The van der Waals surface area contributed by atoms with E-state index in [1.54, 1.807) is 31.3 Å². The van der Waals surface area contributed by atoms with E-state index in [1.165, 1.54) is 0 Å². The van der Waals surface area contributed by atoms with Gasteiger partial charge in [0.1, 0.15) is 5.75 Å². The highest BCUT2D eigenvalue weighted by Gasteiger charge is 2.16. The molecule has 7 heteroatoms. The van der Waals surface area contributed by atoms with Gasteiger partial charge in [-0.15, -0.1) is 10.2 Å². The van der Waals surface area contributed by atoms with Gasteiger partial charge in [-0.3, -0.25) is 9.55 Å². The fraction of sp³-hybridized carbons (Fsp3) is 0.278. The first kappa shape index (κ1) is 17.4. The lowest BCUT2D eigenvalue weighted by Gasteiger charge is -2.11. The Morgan fingerprint density at radius 1 is 1.12 bits per heavy atom. The summed E-state index contributed by atoms with van der Waals surface area (Å²) in [6, 6.07) is 11.8. The standard InChI is InChI=1S/C18H20N4O2S/c1-3-24-16-8-6-15(7-9-16)22-17(14-5-4-10-19-13-14)20-21-18(22)25-12-11-23-2/h4-10,13H,3,11-12H2,1-2H3. The third-order valence-corrected chi connectivity index (χ3v) is 4.37. The number of benzene rings is 1. The zero-order chi connectivity index (χ0) is 17.5. The van der Waals surface area contributed by atoms with Crippen LogP contribution in [0.25, 0.3) is 17.1 Å². The average molecular weight is 356 g/mol. The van der Waals surface area contributed by atoms with Gasteiger partial charge in [-0.2, -0.15) is 0 Å². The molecule has 0 atom stereocenters. The molecule has 0 fully saturated rings. The number of hydrogen-bond donors (Lipinski definition) is 0. The Morgan fingerprint density at radius 2 is 1.96 bits per heavy atom. The number of nitrogens with zero attached hydrogens (tertiary/aromatic N) is 4. The lowest BCUT2D eigenvalue weighted by atomic mass is 10.2.